The van der Waals surface area contributed by atoms with Gasteiger partial charge in [0.25, 0.3) is 5.56 Å². The van der Waals surface area contributed by atoms with Gasteiger partial charge in [0.2, 0.25) is 5.88 Å². The van der Waals surface area contributed by atoms with Crippen molar-refractivity contribution in [3.05, 3.63) is 98.2 Å². The van der Waals surface area contributed by atoms with E-state index in [1.165, 1.54) is 24.3 Å². The zero-order chi connectivity index (χ0) is 21.1. The average molecular weight is 408 g/mol. The van der Waals surface area contributed by atoms with Crippen molar-refractivity contribution in [2.45, 2.75) is 25.4 Å². The number of benzene rings is 2. The molecule has 3 rings (SSSR count). The Morgan fingerprint density at radius 1 is 0.793 bits per heavy atom. The third-order valence-electron chi connectivity index (χ3n) is 4.36. The zero-order valence-corrected chi connectivity index (χ0v) is 14.9. The lowest BCUT2D eigenvalue weighted by atomic mass is 10.1. The Kier molecular flexibility index (Phi) is 5.86. The predicted octanol–water partition coefficient (Wildman–Crippen LogP) is 3.42. The smallest absolute Gasteiger partial charge is 0.333 e. The Balaban J connectivity index is 1.92. The van der Waals surface area contributed by atoms with Crippen LogP contribution in [0.1, 0.15) is 23.5 Å². The normalized spacial score (nSPS) is 13.2. The van der Waals surface area contributed by atoms with E-state index in [9.17, 15) is 32.3 Å². The second-order valence-electron chi connectivity index (χ2n) is 6.39. The topological polar surface area (TPSA) is 64.2 Å². The Bertz CT molecular complexity index is 1140. The summed E-state index contributed by atoms with van der Waals surface area (Å²) >= 11 is 0. The van der Waals surface area contributed by atoms with Gasteiger partial charge in [-0.3, -0.25) is 13.9 Å². The number of halogens is 4. The molecule has 0 aliphatic carbocycles. The lowest BCUT2D eigenvalue weighted by molar-refractivity contribution is 0.261. The minimum atomic E-state index is -1.89. The van der Waals surface area contributed by atoms with Crippen LogP contribution in [0.4, 0.5) is 17.6 Å². The largest absolute Gasteiger partial charge is 0.494 e. The van der Waals surface area contributed by atoms with Gasteiger partial charge >= 0.3 is 5.69 Å². The number of hydrogen-bond acceptors (Lipinski definition) is 3. The molecule has 9 heteroatoms. The van der Waals surface area contributed by atoms with Crippen LogP contribution < -0.4 is 11.2 Å². The fourth-order valence-electron chi connectivity index (χ4n) is 2.88. The third-order valence-corrected chi connectivity index (χ3v) is 4.36. The van der Waals surface area contributed by atoms with Gasteiger partial charge in [-0.1, -0.05) is 24.3 Å². The molecule has 0 saturated carbocycles. The first-order valence-corrected chi connectivity index (χ1v) is 8.59. The summed E-state index contributed by atoms with van der Waals surface area (Å²) in [6, 6.07) is 9.90. The van der Waals surface area contributed by atoms with E-state index in [0.717, 1.165) is 24.3 Å². The fourth-order valence-corrected chi connectivity index (χ4v) is 2.88. The Labute approximate surface area is 162 Å². The first kappa shape index (κ1) is 20.4. The zero-order valence-electron chi connectivity index (χ0n) is 14.9. The molecule has 0 aliphatic heterocycles. The number of aromatic nitrogens is 2. The van der Waals surface area contributed by atoms with Gasteiger partial charge in [-0.2, -0.15) is 0 Å². The van der Waals surface area contributed by atoms with Gasteiger partial charge < -0.3 is 5.11 Å². The maximum Gasteiger partial charge on any atom is 0.333 e. The highest BCUT2D eigenvalue weighted by atomic mass is 19.1. The van der Waals surface area contributed by atoms with Crippen LogP contribution in [0.25, 0.3) is 0 Å². The summed E-state index contributed by atoms with van der Waals surface area (Å²) in [6.07, 6.45) is -3.76. The Morgan fingerprint density at radius 3 is 1.76 bits per heavy atom. The van der Waals surface area contributed by atoms with Crippen LogP contribution in [0.15, 0.2) is 64.2 Å². The van der Waals surface area contributed by atoms with Crippen molar-refractivity contribution in [3.63, 3.8) is 0 Å². The molecule has 0 saturated heterocycles. The number of aromatic hydroxyl groups is 1. The van der Waals surface area contributed by atoms with Gasteiger partial charge in [0, 0.05) is 0 Å². The van der Waals surface area contributed by atoms with Gasteiger partial charge in [0.15, 0.2) is 0 Å². The van der Waals surface area contributed by atoms with Gasteiger partial charge in [-0.15, -0.1) is 0 Å². The fraction of sp³-hybridized carbons (Fsp3) is 0.200. The molecule has 1 heterocycles. The lowest BCUT2D eigenvalue weighted by Crippen LogP contribution is -2.40. The minimum absolute atomic E-state index is 0.0721. The van der Waals surface area contributed by atoms with E-state index in [4.69, 9.17) is 0 Å². The maximum absolute atomic E-state index is 14.5. The number of hydrogen-bond donors (Lipinski definition) is 1. The van der Waals surface area contributed by atoms with Crippen LogP contribution in [-0.2, 0) is 13.1 Å². The van der Waals surface area contributed by atoms with Crippen molar-refractivity contribution in [1.29, 1.82) is 0 Å². The molecule has 1 N–H and O–H groups in total. The average Bonchev–Trinajstić information content (AvgIpc) is 2.68. The van der Waals surface area contributed by atoms with Crippen LogP contribution in [0.3, 0.4) is 0 Å². The summed E-state index contributed by atoms with van der Waals surface area (Å²) in [5.74, 6) is -2.17. The van der Waals surface area contributed by atoms with E-state index < -0.39 is 54.2 Å². The van der Waals surface area contributed by atoms with Gasteiger partial charge in [-0.05, 0) is 35.4 Å². The highest BCUT2D eigenvalue weighted by Gasteiger charge is 2.20. The van der Waals surface area contributed by atoms with E-state index in [-0.39, 0.29) is 11.1 Å². The standard InChI is InChI=1S/C20H16F4N2O3/c21-14-5-1-3-12(7-14)16(23)10-25-18(27)9-19(28)26(20(25)29)11-17(24)13-4-2-6-15(22)8-13/h1-9,16-17,27H,10-11H2/t16-,17-/m1/s1. The van der Waals surface area contributed by atoms with Gasteiger partial charge in [0.1, 0.15) is 24.0 Å². The molecule has 0 amide bonds. The van der Waals surface area contributed by atoms with Crippen LogP contribution in [0.2, 0.25) is 0 Å². The Morgan fingerprint density at radius 2 is 1.28 bits per heavy atom. The summed E-state index contributed by atoms with van der Waals surface area (Å²) in [6.45, 7) is -1.47. The maximum atomic E-state index is 14.5. The van der Waals surface area contributed by atoms with Gasteiger partial charge in [-0.25, -0.2) is 22.4 Å². The second kappa shape index (κ2) is 8.34. The van der Waals surface area contributed by atoms with Crippen molar-refractivity contribution >= 4 is 0 Å². The summed E-state index contributed by atoms with van der Waals surface area (Å²) in [7, 11) is 0. The Hall–Kier alpha value is -3.36. The molecule has 2 atom stereocenters. The van der Waals surface area contributed by atoms with Crippen molar-refractivity contribution in [1.82, 2.24) is 9.13 Å². The highest BCUT2D eigenvalue weighted by molar-refractivity contribution is 5.20. The van der Waals surface area contributed by atoms with Crippen molar-refractivity contribution in [2.24, 2.45) is 0 Å². The van der Waals surface area contributed by atoms with E-state index in [2.05, 4.69) is 0 Å². The molecule has 3 aromatic rings. The van der Waals surface area contributed by atoms with Crippen molar-refractivity contribution in [2.75, 3.05) is 0 Å². The van der Waals surface area contributed by atoms with Crippen molar-refractivity contribution < 1.29 is 22.7 Å². The lowest BCUT2D eigenvalue weighted by Gasteiger charge is -2.16. The first-order valence-electron chi connectivity index (χ1n) is 8.59. The third kappa shape index (κ3) is 4.56. The van der Waals surface area contributed by atoms with Crippen molar-refractivity contribution in [3.8, 4) is 5.88 Å². The minimum Gasteiger partial charge on any atom is -0.494 e. The van der Waals surface area contributed by atoms with E-state index in [0.29, 0.717) is 15.2 Å². The molecule has 0 unspecified atom stereocenters. The molecular formula is C20H16F4N2O3. The molecule has 2 aromatic carbocycles. The van der Waals surface area contributed by atoms with E-state index in [1.807, 2.05) is 0 Å². The van der Waals surface area contributed by atoms with Crippen LogP contribution in [0, 0.1) is 11.6 Å². The summed E-state index contributed by atoms with van der Waals surface area (Å²) in [4.78, 5) is 24.6. The van der Waals surface area contributed by atoms with E-state index in [1.54, 1.807) is 0 Å². The van der Waals surface area contributed by atoms with Crippen LogP contribution in [-0.4, -0.2) is 14.2 Å². The SMILES string of the molecule is O=c1cc(O)n(C[C@@H](F)c2cccc(F)c2)c(=O)n1C[C@@H](F)c1cccc(F)c1. The number of nitrogens with zero attached hydrogens (tertiary/aromatic N) is 2. The molecule has 152 valence electrons. The number of alkyl halides is 2. The highest BCUT2D eigenvalue weighted by Crippen LogP contribution is 2.22. The summed E-state index contributed by atoms with van der Waals surface area (Å²) in [5, 5.41) is 9.90. The molecule has 5 nitrogen and oxygen atoms in total. The summed E-state index contributed by atoms with van der Waals surface area (Å²) in [5.41, 5.74) is -2.30. The molecule has 0 fully saturated rings. The first-order chi connectivity index (χ1) is 13.8. The van der Waals surface area contributed by atoms with E-state index >= 15 is 0 Å². The number of rotatable bonds is 6. The summed E-state index contributed by atoms with van der Waals surface area (Å²) < 4.78 is 56.6. The monoisotopic (exact) mass is 408 g/mol. The molecule has 0 radical (unpaired) electrons. The molecule has 0 aliphatic rings. The quantitative estimate of drug-likeness (QED) is 0.636. The predicted molar refractivity (Wildman–Crippen MR) is 97.1 cm³/mol. The van der Waals surface area contributed by atoms with Crippen LogP contribution >= 0.6 is 0 Å². The molecule has 0 spiro atoms. The molecular weight excluding hydrogens is 392 g/mol. The molecule has 1 aromatic heterocycles. The molecule has 29 heavy (non-hydrogen) atoms. The van der Waals surface area contributed by atoms with Gasteiger partial charge in [0.05, 0.1) is 19.2 Å². The van der Waals surface area contributed by atoms with Crippen LogP contribution in [0.5, 0.6) is 5.88 Å². The molecule has 0 bridgehead atoms. The second-order valence-corrected chi connectivity index (χ2v) is 6.39.